The number of carboxylic acid groups (broad SMARTS) is 1. The summed E-state index contributed by atoms with van der Waals surface area (Å²) in [4.78, 5) is 38.6. The van der Waals surface area contributed by atoms with Crippen LogP contribution in [0.15, 0.2) is 53.0 Å². The van der Waals surface area contributed by atoms with E-state index in [-0.39, 0.29) is 5.91 Å². The van der Waals surface area contributed by atoms with E-state index in [9.17, 15) is 14.7 Å². The second-order valence-corrected chi connectivity index (χ2v) is 9.96. The number of amides is 1. The van der Waals surface area contributed by atoms with Gasteiger partial charge in [0.1, 0.15) is 0 Å². The number of fused-ring (bicyclic) bond motifs is 1. The first-order valence-corrected chi connectivity index (χ1v) is 12.6. The minimum atomic E-state index is -0.846. The summed E-state index contributed by atoms with van der Waals surface area (Å²) in [5, 5.41) is 10.6. The minimum absolute atomic E-state index is 0.0130. The highest BCUT2D eigenvalue weighted by molar-refractivity contribution is 9.10. The van der Waals surface area contributed by atoms with Gasteiger partial charge in [0.05, 0.1) is 23.0 Å². The molecule has 8 heteroatoms. The van der Waals surface area contributed by atoms with Crippen molar-refractivity contribution in [2.75, 3.05) is 31.1 Å². The fraction of sp³-hybridized carbons (Fsp3) is 0.385. The lowest BCUT2D eigenvalue weighted by Gasteiger charge is -2.38. The maximum atomic E-state index is 13.2. The average Bonchev–Trinajstić information content (AvgIpc) is 2.88. The Kier molecular flexibility index (Phi) is 6.50. The zero-order valence-electron chi connectivity index (χ0n) is 18.9. The Morgan fingerprint density at radius 1 is 0.912 bits per heavy atom. The van der Waals surface area contributed by atoms with E-state index >= 15 is 0 Å². The summed E-state index contributed by atoms with van der Waals surface area (Å²) in [5.74, 6) is -1.17. The van der Waals surface area contributed by atoms with Crippen LogP contribution < -0.4 is 4.90 Å². The third-order valence-corrected chi connectivity index (χ3v) is 7.46. The van der Waals surface area contributed by atoms with E-state index in [1.807, 2.05) is 53.4 Å². The van der Waals surface area contributed by atoms with Crippen LogP contribution in [0.4, 0.5) is 5.95 Å². The molecule has 1 saturated heterocycles. The predicted molar refractivity (Wildman–Crippen MR) is 135 cm³/mol. The summed E-state index contributed by atoms with van der Waals surface area (Å²) in [6.45, 7) is 2.33. The summed E-state index contributed by atoms with van der Waals surface area (Å²) in [6.07, 6.45) is 3.06. The van der Waals surface area contributed by atoms with Gasteiger partial charge in [-0.1, -0.05) is 59.1 Å². The van der Waals surface area contributed by atoms with Gasteiger partial charge in [-0.05, 0) is 31.0 Å². The number of carbonyl (C=O) groups is 2. The Morgan fingerprint density at radius 3 is 2.32 bits per heavy atom. The Hall–Kier alpha value is -3.00. The first-order valence-electron chi connectivity index (χ1n) is 11.8. The Morgan fingerprint density at radius 2 is 1.62 bits per heavy atom. The number of rotatable bonds is 4. The predicted octanol–water partition coefficient (Wildman–Crippen LogP) is 4.60. The fourth-order valence-corrected chi connectivity index (χ4v) is 5.49. The second-order valence-electron chi connectivity index (χ2n) is 9.05. The molecule has 1 amide bonds. The van der Waals surface area contributed by atoms with Crippen LogP contribution in [0.25, 0.3) is 22.2 Å². The van der Waals surface area contributed by atoms with Gasteiger partial charge < -0.3 is 14.9 Å². The van der Waals surface area contributed by atoms with Crippen molar-refractivity contribution >= 4 is 44.7 Å². The topological polar surface area (TPSA) is 86.6 Å². The minimum Gasteiger partial charge on any atom is -0.481 e. The van der Waals surface area contributed by atoms with Crippen LogP contribution in [0.3, 0.4) is 0 Å². The highest BCUT2D eigenvalue weighted by Crippen LogP contribution is 2.33. The van der Waals surface area contributed by atoms with E-state index in [1.165, 1.54) is 0 Å². The molecule has 0 spiro atoms. The average molecular weight is 523 g/mol. The molecule has 34 heavy (non-hydrogen) atoms. The number of carbonyl (C=O) groups excluding carboxylic acids is 1. The number of aliphatic carboxylic acids is 1. The lowest BCUT2D eigenvalue weighted by atomic mass is 9.78. The van der Waals surface area contributed by atoms with Crippen molar-refractivity contribution in [1.29, 1.82) is 0 Å². The quantitative estimate of drug-likeness (QED) is 0.538. The number of carboxylic acids is 1. The highest BCUT2D eigenvalue weighted by atomic mass is 79.9. The summed E-state index contributed by atoms with van der Waals surface area (Å²) < 4.78 is 0.975. The molecule has 1 aliphatic heterocycles. The van der Waals surface area contributed by atoms with Gasteiger partial charge >= 0.3 is 5.97 Å². The first-order chi connectivity index (χ1) is 16.5. The molecule has 2 atom stereocenters. The number of anilines is 1. The van der Waals surface area contributed by atoms with Crippen molar-refractivity contribution in [2.24, 2.45) is 11.8 Å². The largest absolute Gasteiger partial charge is 0.481 e. The lowest BCUT2D eigenvalue weighted by Crippen LogP contribution is -2.52. The third-order valence-electron chi connectivity index (χ3n) is 6.97. The fourth-order valence-electron chi connectivity index (χ4n) is 5.13. The summed E-state index contributed by atoms with van der Waals surface area (Å²) in [6, 6.07) is 16.1. The van der Waals surface area contributed by atoms with E-state index < -0.39 is 17.8 Å². The molecule has 7 nitrogen and oxygen atoms in total. The lowest BCUT2D eigenvalue weighted by molar-refractivity contribution is -0.152. The molecule has 2 aromatic carbocycles. The summed E-state index contributed by atoms with van der Waals surface area (Å²) in [7, 11) is 0. The summed E-state index contributed by atoms with van der Waals surface area (Å²) >= 11 is 3.56. The number of piperazine rings is 1. The molecule has 1 aromatic heterocycles. The molecule has 0 radical (unpaired) electrons. The molecule has 2 aliphatic rings. The van der Waals surface area contributed by atoms with E-state index in [4.69, 9.17) is 9.97 Å². The van der Waals surface area contributed by atoms with Gasteiger partial charge in [-0.3, -0.25) is 9.59 Å². The number of hydrogen-bond acceptors (Lipinski definition) is 5. The van der Waals surface area contributed by atoms with E-state index in [1.54, 1.807) is 0 Å². The van der Waals surface area contributed by atoms with Crippen LogP contribution >= 0.6 is 15.9 Å². The van der Waals surface area contributed by atoms with Crippen LogP contribution in [0.2, 0.25) is 0 Å². The zero-order chi connectivity index (χ0) is 23.7. The number of hydrogen-bond donors (Lipinski definition) is 1. The standard InChI is InChI=1S/C26H27BrN4O3/c27-18-10-11-22-21(16-18)23(17-6-2-1-3-7-17)29-26(28-22)31-14-12-30(13-15-31)24(32)19-8-4-5-9-20(19)25(33)34/h1-3,6-7,10-11,16,19-20H,4-5,8-9,12-15H2,(H,33,34)/t19-,20+/m0/s1. The Bertz CT molecular complexity index is 1210. The Balaban J connectivity index is 1.37. The smallest absolute Gasteiger partial charge is 0.307 e. The monoisotopic (exact) mass is 522 g/mol. The van der Waals surface area contributed by atoms with Crippen molar-refractivity contribution < 1.29 is 14.7 Å². The molecule has 3 aromatic rings. The number of nitrogens with zero attached hydrogens (tertiary/aromatic N) is 4. The number of aromatic nitrogens is 2. The molecular weight excluding hydrogens is 496 g/mol. The molecule has 2 heterocycles. The van der Waals surface area contributed by atoms with E-state index in [0.717, 1.165) is 39.5 Å². The van der Waals surface area contributed by atoms with Gasteiger partial charge in [0.2, 0.25) is 11.9 Å². The van der Waals surface area contributed by atoms with Gasteiger partial charge in [-0.2, -0.15) is 0 Å². The van der Waals surface area contributed by atoms with E-state index in [0.29, 0.717) is 45.0 Å². The molecular formula is C26H27BrN4O3. The SMILES string of the molecule is O=C(O)[C@@H]1CCCC[C@@H]1C(=O)N1CCN(c2nc(-c3ccccc3)c3cc(Br)ccc3n2)CC1. The number of benzene rings is 2. The molecule has 176 valence electrons. The van der Waals surface area contributed by atoms with Gasteiger partial charge in [-0.15, -0.1) is 0 Å². The van der Waals surface area contributed by atoms with E-state index in [2.05, 4.69) is 20.8 Å². The van der Waals surface area contributed by atoms with Gasteiger partial charge in [-0.25, -0.2) is 9.97 Å². The number of halogens is 1. The molecule has 5 rings (SSSR count). The molecule has 0 bridgehead atoms. The highest BCUT2D eigenvalue weighted by Gasteiger charge is 2.38. The van der Waals surface area contributed by atoms with Crippen molar-refractivity contribution in [3.05, 3.63) is 53.0 Å². The van der Waals surface area contributed by atoms with Crippen LogP contribution in [0.1, 0.15) is 25.7 Å². The van der Waals surface area contributed by atoms with Crippen LogP contribution in [0, 0.1) is 11.8 Å². The van der Waals surface area contributed by atoms with Crippen molar-refractivity contribution in [1.82, 2.24) is 14.9 Å². The molecule has 1 saturated carbocycles. The second kappa shape index (κ2) is 9.70. The van der Waals surface area contributed by atoms with Crippen molar-refractivity contribution in [3.63, 3.8) is 0 Å². The maximum Gasteiger partial charge on any atom is 0.307 e. The molecule has 2 fully saturated rings. The maximum absolute atomic E-state index is 13.2. The Labute approximate surface area is 206 Å². The van der Waals surface area contributed by atoms with Crippen molar-refractivity contribution in [2.45, 2.75) is 25.7 Å². The molecule has 0 unspecified atom stereocenters. The zero-order valence-corrected chi connectivity index (χ0v) is 20.4. The van der Waals surface area contributed by atoms with Crippen LogP contribution in [-0.2, 0) is 9.59 Å². The van der Waals surface area contributed by atoms with Gasteiger partial charge in [0, 0.05) is 41.6 Å². The third kappa shape index (κ3) is 4.51. The summed E-state index contributed by atoms with van der Waals surface area (Å²) in [5.41, 5.74) is 2.78. The van der Waals surface area contributed by atoms with Crippen LogP contribution in [0.5, 0.6) is 0 Å². The normalized spacial score (nSPS) is 21.0. The molecule has 1 N–H and O–H groups in total. The van der Waals surface area contributed by atoms with Crippen LogP contribution in [-0.4, -0.2) is 58.0 Å². The molecule has 1 aliphatic carbocycles. The van der Waals surface area contributed by atoms with Crippen molar-refractivity contribution in [3.8, 4) is 11.3 Å². The van der Waals surface area contributed by atoms with Gasteiger partial charge in [0.25, 0.3) is 0 Å². The van der Waals surface area contributed by atoms with Gasteiger partial charge in [0.15, 0.2) is 0 Å². The first kappa shape index (κ1) is 22.8.